The molecule has 208 valence electrons. The maximum absolute atomic E-state index is 12.7. The van der Waals surface area contributed by atoms with Crippen LogP contribution in [0.5, 0.6) is 0 Å². The van der Waals surface area contributed by atoms with Gasteiger partial charge >= 0.3 is 6.03 Å². The summed E-state index contributed by atoms with van der Waals surface area (Å²) in [6, 6.07) is 29.6. The van der Waals surface area contributed by atoms with Crippen LogP contribution in [0, 0.1) is 0 Å². The number of benzene rings is 3. The number of anilines is 3. The highest BCUT2D eigenvalue weighted by Crippen LogP contribution is 2.31. The molecule has 9 heteroatoms. The number of piperazine rings is 1. The highest BCUT2D eigenvalue weighted by Gasteiger charge is 2.30. The van der Waals surface area contributed by atoms with Crippen molar-refractivity contribution in [2.75, 3.05) is 48.3 Å². The zero-order valence-electron chi connectivity index (χ0n) is 22.7. The normalized spacial score (nSPS) is 15.6. The van der Waals surface area contributed by atoms with E-state index in [1.807, 2.05) is 72.9 Å². The molecule has 0 saturated carbocycles. The van der Waals surface area contributed by atoms with Gasteiger partial charge in [-0.3, -0.25) is 4.90 Å². The van der Waals surface area contributed by atoms with Crippen LogP contribution in [0.4, 0.5) is 22.0 Å². The van der Waals surface area contributed by atoms with Crippen molar-refractivity contribution in [1.82, 2.24) is 19.9 Å². The second kappa shape index (κ2) is 12.6. The minimum atomic E-state index is -0.277. The number of ether oxygens (including phenoxy) is 1. The molecule has 3 aromatic carbocycles. The fourth-order valence-corrected chi connectivity index (χ4v) is 5.29. The third-order valence-corrected chi connectivity index (χ3v) is 7.32. The largest absolute Gasteiger partial charge is 0.375 e. The highest BCUT2D eigenvalue weighted by atomic mass is 16.5. The van der Waals surface area contributed by atoms with Crippen molar-refractivity contribution >= 4 is 34.3 Å². The van der Waals surface area contributed by atoms with E-state index >= 15 is 0 Å². The molecular weight excluding hydrogens is 514 g/mol. The fourth-order valence-electron chi connectivity index (χ4n) is 5.29. The van der Waals surface area contributed by atoms with E-state index in [1.54, 1.807) is 6.33 Å². The Bertz CT molecular complexity index is 1580. The number of amides is 2. The average molecular weight is 548 g/mol. The van der Waals surface area contributed by atoms with Crippen molar-refractivity contribution in [2.24, 2.45) is 0 Å². The van der Waals surface area contributed by atoms with Gasteiger partial charge in [0.15, 0.2) is 0 Å². The Morgan fingerprint density at radius 1 is 0.902 bits per heavy atom. The van der Waals surface area contributed by atoms with E-state index in [0.29, 0.717) is 13.2 Å². The second-order valence-electron chi connectivity index (χ2n) is 10.0. The minimum Gasteiger partial charge on any atom is -0.375 e. The van der Waals surface area contributed by atoms with Gasteiger partial charge in [0.05, 0.1) is 24.6 Å². The molecule has 3 heterocycles. The number of rotatable bonds is 9. The lowest BCUT2D eigenvalue weighted by atomic mass is 10.0. The van der Waals surface area contributed by atoms with E-state index in [9.17, 15) is 4.79 Å². The van der Waals surface area contributed by atoms with E-state index in [0.717, 1.165) is 60.0 Å². The third-order valence-electron chi connectivity index (χ3n) is 7.32. The first-order chi connectivity index (χ1) is 20.2. The smallest absolute Gasteiger partial charge is 0.323 e. The van der Waals surface area contributed by atoms with Crippen molar-refractivity contribution < 1.29 is 9.53 Å². The van der Waals surface area contributed by atoms with Crippen LogP contribution in [0.15, 0.2) is 104 Å². The van der Waals surface area contributed by atoms with Crippen LogP contribution in [0.2, 0.25) is 0 Å². The molecular formula is C32H33N7O2. The predicted molar refractivity (Wildman–Crippen MR) is 162 cm³/mol. The monoisotopic (exact) mass is 547 g/mol. The second-order valence-corrected chi connectivity index (χ2v) is 10.0. The molecule has 2 amide bonds. The number of para-hydroxylation sites is 1. The van der Waals surface area contributed by atoms with Gasteiger partial charge < -0.3 is 25.3 Å². The van der Waals surface area contributed by atoms with Crippen LogP contribution in [-0.4, -0.2) is 58.7 Å². The third kappa shape index (κ3) is 6.54. The number of urea groups is 1. The predicted octanol–water partition coefficient (Wildman–Crippen LogP) is 5.68. The van der Waals surface area contributed by atoms with E-state index in [2.05, 4.69) is 59.7 Å². The molecule has 3 N–H and O–H groups in total. The number of fused-ring (bicyclic) bond motifs is 1. The van der Waals surface area contributed by atoms with Crippen molar-refractivity contribution in [3.63, 3.8) is 0 Å². The first-order valence-corrected chi connectivity index (χ1v) is 13.8. The van der Waals surface area contributed by atoms with Gasteiger partial charge in [-0.25, -0.2) is 14.8 Å². The fraction of sp³-hybridized carbons (Fsp3) is 0.219. The Morgan fingerprint density at radius 2 is 1.68 bits per heavy atom. The van der Waals surface area contributed by atoms with Crippen molar-refractivity contribution in [2.45, 2.75) is 12.6 Å². The Hall–Kier alpha value is -4.73. The maximum Gasteiger partial charge on any atom is 0.323 e. The van der Waals surface area contributed by atoms with Crippen molar-refractivity contribution in [1.29, 1.82) is 0 Å². The molecule has 0 radical (unpaired) electrons. The first kappa shape index (κ1) is 26.5. The Morgan fingerprint density at radius 3 is 2.54 bits per heavy atom. The van der Waals surface area contributed by atoms with Gasteiger partial charge in [0.1, 0.15) is 17.8 Å². The van der Waals surface area contributed by atoms with E-state index in [4.69, 9.17) is 4.74 Å². The molecule has 0 aliphatic carbocycles. The van der Waals surface area contributed by atoms with E-state index in [1.165, 1.54) is 5.56 Å². The molecule has 1 aliphatic heterocycles. The minimum absolute atomic E-state index is 0.0759. The average Bonchev–Trinajstić information content (AvgIpc) is 3.50. The van der Waals surface area contributed by atoms with Gasteiger partial charge in [-0.05, 0) is 41.5 Å². The summed E-state index contributed by atoms with van der Waals surface area (Å²) >= 11 is 0. The summed E-state index contributed by atoms with van der Waals surface area (Å²) in [6.07, 6.45) is 3.51. The number of aromatic nitrogens is 3. The number of carbonyl (C=O) groups excluding carboxylic acids is 1. The molecule has 0 spiro atoms. The number of H-pyrrole nitrogens is 1. The Labute approximate surface area is 239 Å². The zero-order chi connectivity index (χ0) is 27.9. The summed E-state index contributed by atoms with van der Waals surface area (Å²) in [5.41, 5.74) is 4.60. The van der Waals surface area contributed by atoms with Crippen LogP contribution < -0.4 is 15.5 Å². The van der Waals surface area contributed by atoms with Gasteiger partial charge in [0.25, 0.3) is 0 Å². The van der Waals surface area contributed by atoms with Crippen LogP contribution in [-0.2, 0) is 11.3 Å². The lowest BCUT2D eigenvalue weighted by molar-refractivity contribution is 0.0725. The molecule has 0 bridgehead atoms. The first-order valence-electron chi connectivity index (χ1n) is 13.8. The molecule has 2 aromatic heterocycles. The summed E-state index contributed by atoms with van der Waals surface area (Å²) in [4.78, 5) is 29.7. The van der Waals surface area contributed by atoms with Gasteiger partial charge in [0.2, 0.25) is 0 Å². The summed E-state index contributed by atoms with van der Waals surface area (Å²) in [6.45, 7) is 4.44. The Balaban J connectivity index is 1.19. The summed E-state index contributed by atoms with van der Waals surface area (Å²) in [5.74, 6) is 0.928. The van der Waals surface area contributed by atoms with Gasteiger partial charge in [0, 0.05) is 43.8 Å². The van der Waals surface area contributed by atoms with E-state index in [-0.39, 0.29) is 12.1 Å². The van der Waals surface area contributed by atoms with Crippen LogP contribution >= 0.6 is 0 Å². The van der Waals surface area contributed by atoms with Crippen LogP contribution in [0.1, 0.15) is 17.2 Å². The summed E-state index contributed by atoms with van der Waals surface area (Å²) in [7, 11) is 0. The quantitative estimate of drug-likeness (QED) is 0.205. The number of carbonyl (C=O) groups is 1. The van der Waals surface area contributed by atoms with Gasteiger partial charge in [-0.1, -0.05) is 60.7 Å². The topological polar surface area (TPSA) is 98.4 Å². The van der Waals surface area contributed by atoms with Crippen molar-refractivity contribution in [3.8, 4) is 0 Å². The highest BCUT2D eigenvalue weighted by molar-refractivity contribution is 5.99. The maximum atomic E-state index is 12.7. The number of hydrogen-bond donors (Lipinski definition) is 3. The molecule has 1 aliphatic rings. The van der Waals surface area contributed by atoms with Gasteiger partial charge in [-0.15, -0.1) is 0 Å². The molecule has 1 atom stereocenters. The SMILES string of the molecule is O=C(Nc1ccccc1)Nc1cccc(C2CN(c3ncnc4[nH]ccc34)CCN2CCOCc2ccccc2)c1. The number of aromatic amines is 1. The van der Waals surface area contributed by atoms with Crippen LogP contribution in [0.25, 0.3) is 11.0 Å². The molecule has 9 nitrogen and oxygen atoms in total. The molecule has 1 saturated heterocycles. The molecule has 41 heavy (non-hydrogen) atoms. The van der Waals surface area contributed by atoms with E-state index < -0.39 is 0 Å². The molecule has 1 unspecified atom stereocenters. The zero-order valence-corrected chi connectivity index (χ0v) is 22.7. The summed E-state index contributed by atoms with van der Waals surface area (Å²) in [5, 5.41) is 6.89. The number of nitrogens with one attached hydrogen (secondary N) is 3. The Kier molecular flexibility index (Phi) is 8.16. The van der Waals surface area contributed by atoms with Crippen molar-refractivity contribution in [3.05, 3.63) is 115 Å². The summed E-state index contributed by atoms with van der Waals surface area (Å²) < 4.78 is 6.05. The molecule has 5 aromatic rings. The molecule has 6 rings (SSSR count). The number of hydrogen-bond acceptors (Lipinski definition) is 6. The lowest BCUT2D eigenvalue weighted by Crippen LogP contribution is -2.49. The lowest BCUT2D eigenvalue weighted by Gasteiger charge is -2.42. The van der Waals surface area contributed by atoms with Gasteiger partial charge in [-0.2, -0.15) is 0 Å². The number of nitrogens with zero attached hydrogens (tertiary/aromatic N) is 4. The standard InChI is InChI=1S/C32H33N7O2/c40-32(36-26-11-5-2-6-12-26)37-27-13-7-10-25(20-27)29-21-39(31-28-14-15-33-30(28)34-23-35-31)17-16-38(29)18-19-41-22-24-8-3-1-4-9-24/h1-15,20,23,29H,16-19,21-22H2,(H,33,34,35)(H2,36,37,40). The molecule has 1 fully saturated rings. The van der Waals surface area contributed by atoms with Crippen LogP contribution in [0.3, 0.4) is 0 Å².